The molecule has 0 saturated heterocycles. The molecule has 3 unspecified atom stereocenters. The van der Waals surface area contributed by atoms with Crippen LogP contribution in [0.2, 0.25) is 0 Å². The van der Waals surface area contributed by atoms with Crippen molar-refractivity contribution in [3.63, 3.8) is 0 Å². The summed E-state index contributed by atoms with van der Waals surface area (Å²) in [6.45, 7) is 4.75. The van der Waals surface area contributed by atoms with Gasteiger partial charge in [0.25, 0.3) is 0 Å². The minimum atomic E-state index is -4.35. The van der Waals surface area contributed by atoms with Crippen LogP contribution in [0.3, 0.4) is 0 Å². The molecule has 1 amide bonds. The van der Waals surface area contributed by atoms with E-state index in [1.807, 2.05) is 27.2 Å². The molecular weight excluding hydrogens is 768 g/mol. The number of unbranched alkanes of at least 4 members (excludes halogenated alkanes) is 23. The minimum absolute atomic E-state index is 0.0513. The Kier molecular flexibility index (Phi) is 41.2. The van der Waals surface area contributed by atoms with Gasteiger partial charge < -0.3 is 19.8 Å². The van der Waals surface area contributed by atoms with Gasteiger partial charge in [-0.25, -0.2) is 4.57 Å². The highest BCUT2D eigenvalue weighted by atomic mass is 31.2. The average Bonchev–Trinajstić information content (AvgIpc) is 3.20. The fraction of sp³-hybridized carbons (Fsp3) is 0.784. The maximum Gasteiger partial charge on any atom is 0.472 e. The van der Waals surface area contributed by atoms with E-state index in [0.29, 0.717) is 17.4 Å². The van der Waals surface area contributed by atoms with E-state index in [0.717, 1.165) is 51.4 Å². The summed E-state index contributed by atoms with van der Waals surface area (Å²) in [6.07, 6.45) is 55.8. The fourth-order valence-electron chi connectivity index (χ4n) is 6.75. The van der Waals surface area contributed by atoms with Crippen molar-refractivity contribution in [2.75, 3.05) is 40.9 Å². The third kappa shape index (κ3) is 44.3. The Morgan fingerprint density at radius 3 is 1.43 bits per heavy atom. The third-order valence-corrected chi connectivity index (χ3v) is 11.7. The van der Waals surface area contributed by atoms with Crippen LogP contribution in [0.4, 0.5) is 0 Å². The number of amides is 1. The maximum absolute atomic E-state index is 12.9. The summed E-state index contributed by atoms with van der Waals surface area (Å²) in [7, 11) is 1.54. The quantitative estimate of drug-likeness (QED) is 0.0244. The molecule has 0 aromatic heterocycles. The third-order valence-electron chi connectivity index (χ3n) is 10.7. The number of aliphatic hydroxyl groups is 1. The smallest absolute Gasteiger partial charge is 0.387 e. The van der Waals surface area contributed by atoms with Gasteiger partial charge in [-0.1, -0.05) is 184 Å². The number of aliphatic hydroxyl groups excluding tert-OH is 1. The Morgan fingerprint density at radius 1 is 0.567 bits per heavy atom. The van der Waals surface area contributed by atoms with Gasteiger partial charge in [-0.15, -0.1) is 0 Å². The number of carbonyl (C=O) groups is 1. The zero-order valence-corrected chi connectivity index (χ0v) is 40.6. The molecule has 0 bridgehead atoms. The molecule has 3 N–H and O–H groups in total. The van der Waals surface area contributed by atoms with Gasteiger partial charge in [0.2, 0.25) is 5.91 Å². The van der Waals surface area contributed by atoms with E-state index < -0.39 is 20.0 Å². The molecule has 9 heteroatoms. The first-order valence-electron chi connectivity index (χ1n) is 24.7. The van der Waals surface area contributed by atoms with Gasteiger partial charge >= 0.3 is 7.82 Å². The molecule has 0 aromatic rings. The molecule has 0 aliphatic carbocycles. The molecule has 0 aliphatic rings. The number of likely N-dealkylation sites (N-methyl/N-ethyl adjacent to an activating group) is 1. The molecule has 8 nitrogen and oxygen atoms in total. The van der Waals surface area contributed by atoms with Crippen LogP contribution in [0.15, 0.2) is 60.8 Å². The number of hydrogen-bond donors (Lipinski definition) is 3. The molecule has 0 aromatic carbocycles. The highest BCUT2D eigenvalue weighted by Gasteiger charge is 2.27. The first-order chi connectivity index (χ1) is 29.0. The van der Waals surface area contributed by atoms with Gasteiger partial charge in [0, 0.05) is 6.42 Å². The normalized spacial score (nSPS) is 14.7. The topological polar surface area (TPSA) is 105 Å². The molecule has 3 atom stereocenters. The van der Waals surface area contributed by atoms with Crippen LogP contribution in [0.1, 0.15) is 206 Å². The van der Waals surface area contributed by atoms with Gasteiger partial charge in [0.05, 0.1) is 39.9 Å². The van der Waals surface area contributed by atoms with Crippen LogP contribution >= 0.6 is 7.82 Å². The summed E-state index contributed by atoms with van der Waals surface area (Å²) in [4.78, 5) is 23.2. The molecule has 0 saturated carbocycles. The zero-order valence-electron chi connectivity index (χ0n) is 39.7. The maximum atomic E-state index is 12.9. The number of carbonyl (C=O) groups excluding carboxylic acids is 1. The second-order valence-electron chi connectivity index (χ2n) is 17.8. The fourth-order valence-corrected chi connectivity index (χ4v) is 7.49. The number of quaternary nitrogens is 1. The molecule has 0 heterocycles. The zero-order chi connectivity index (χ0) is 44.3. The lowest BCUT2D eigenvalue weighted by molar-refractivity contribution is -0.870. The summed E-state index contributed by atoms with van der Waals surface area (Å²) >= 11 is 0. The SMILES string of the molecule is CCCCCCC/C=C\C/C=C\CCCCCCCCCCCCCC(=O)NC(COP(=O)(O)OCC[N+](C)(C)C)C(O)/C=C/CC/C=C/CC/C=C/CCCCCCC. The minimum Gasteiger partial charge on any atom is -0.387 e. The Morgan fingerprint density at radius 2 is 0.967 bits per heavy atom. The van der Waals surface area contributed by atoms with E-state index in [-0.39, 0.29) is 19.1 Å². The Bertz CT molecular complexity index is 1160. The number of phosphoric acid groups is 1. The first-order valence-corrected chi connectivity index (χ1v) is 26.2. The van der Waals surface area contributed by atoms with Crippen molar-refractivity contribution in [1.82, 2.24) is 5.32 Å². The van der Waals surface area contributed by atoms with Crippen molar-refractivity contribution in [3.8, 4) is 0 Å². The molecule has 60 heavy (non-hydrogen) atoms. The number of nitrogens with one attached hydrogen (secondary N) is 1. The average molecular weight is 864 g/mol. The predicted octanol–water partition coefficient (Wildman–Crippen LogP) is 14.2. The van der Waals surface area contributed by atoms with Gasteiger partial charge in [-0.2, -0.15) is 0 Å². The van der Waals surface area contributed by atoms with Gasteiger partial charge in [-0.05, 0) is 77.0 Å². The van der Waals surface area contributed by atoms with E-state index in [2.05, 4.69) is 67.8 Å². The van der Waals surface area contributed by atoms with E-state index in [9.17, 15) is 19.4 Å². The summed E-state index contributed by atoms with van der Waals surface area (Å²) < 4.78 is 23.6. The number of nitrogens with zero attached hydrogens (tertiary/aromatic N) is 1. The van der Waals surface area contributed by atoms with E-state index in [4.69, 9.17) is 9.05 Å². The summed E-state index contributed by atoms with van der Waals surface area (Å²) in [6, 6.07) is -0.872. The molecule has 0 radical (unpaired) electrons. The van der Waals surface area contributed by atoms with Crippen LogP contribution in [-0.2, 0) is 18.4 Å². The van der Waals surface area contributed by atoms with Crippen molar-refractivity contribution in [2.24, 2.45) is 0 Å². The van der Waals surface area contributed by atoms with E-state index in [1.165, 1.54) is 135 Å². The summed E-state index contributed by atoms with van der Waals surface area (Å²) in [5, 5.41) is 13.8. The van der Waals surface area contributed by atoms with Crippen molar-refractivity contribution >= 4 is 13.7 Å². The number of hydrogen-bond acceptors (Lipinski definition) is 5. The van der Waals surface area contributed by atoms with Crippen molar-refractivity contribution in [2.45, 2.75) is 219 Å². The molecule has 0 spiro atoms. The van der Waals surface area contributed by atoms with Crippen molar-refractivity contribution in [1.29, 1.82) is 0 Å². The van der Waals surface area contributed by atoms with Crippen molar-refractivity contribution in [3.05, 3.63) is 60.8 Å². The lowest BCUT2D eigenvalue weighted by Crippen LogP contribution is -2.45. The summed E-state index contributed by atoms with van der Waals surface area (Å²) in [5.41, 5.74) is 0. The Hall–Kier alpha value is -1.80. The number of phosphoric ester groups is 1. The molecule has 0 rings (SSSR count). The van der Waals surface area contributed by atoms with Gasteiger partial charge in [0.1, 0.15) is 13.2 Å². The Balaban J connectivity index is 4.35. The molecule has 0 fully saturated rings. The highest BCUT2D eigenvalue weighted by molar-refractivity contribution is 7.47. The predicted molar refractivity (Wildman–Crippen MR) is 258 cm³/mol. The van der Waals surface area contributed by atoms with Crippen LogP contribution in [0.5, 0.6) is 0 Å². The van der Waals surface area contributed by atoms with Gasteiger partial charge in [-0.3, -0.25) is 13.8 Å². The van der Waals surface area contributed by atoms with Crippen LogP contribution in [0, 0.1) is 0 Å². The largest absolute Gasteiger partial charge is 0.472 e. The second kappa shape index (κ2) is 42.5. The lowest BCUT2D eigenvalue weighted by Gasteiger charge is -2.25. The first kappa shape index (κ1) is 58.2. The Labute approximate surface area is 371 Å². The number of allylic oxidation sites excluding steroid dienone is 9. The molecule has 0 aliphatic heterocycles. The molecule has 350 valence electrons. The van der Waals surface area contributed by atoms with Gasteiger partial charge in [0.15, 0.2) is 0 Å². The second-order valence-corrected chi connectivity index (χ2v) is 19.3. The van der Waals surface area contributed by atoms with Crippen LogP contribution < -0.4 is 5.32 Å². The highest BCUT2D eigenvalue weighted by Crippen LogP contribution is 2.43. The van der Waals surface area contributed by atoms with Crippen LogP contribution in [-0.4, -0.2) is 73.4 Å². The monoisotopic (exact) mass is 864 g/mol. The van der Waals surface area contributed by atoms with E-state index >= 15 is 0 Å². The summed E-state index contributed by atoms with van der Waals surface area (Å²) in [5.74, 6) is -0.195. The van der Waals surface area contributed by atoms with Crippen molar-refractivity contribution < 1.29 is 32.9 Å². The number of rotatable bonds is 44. The molecular formula is C51H96N2O6P+. The standard InChI is InChI=1S/C51H95N2O6P/c1-6-8-10-12-14-16-18-20-22-23-24-25-26-27-28-29-31-33-35-37-39-41-43-45-51(55)52-49(48-59-60(56,57)58-47-46-53(3,4)5)50(54)44-42-40-38-36-34-32-30-21-19-17-15-13-11-9-7-2/h18-21,23-24,34,36,42,44,49-50,54H,6-17,22,25-33,35,37-41,43,45-48H2,1-5H3,(H-,52,55,56,57)/p+1/b20-18-,21-19+,24-23-,36-34+,44-42+. The van der Waals surface area contributed by atoms with E-state index in [1.54, 1.807) is 6.08 Å². The lowest BCUT2D eigenvalue weighted by atomic mass is 10.0. The van der Waals surface area contributed by atoms with Crippen LogP contribution in [0.25, 0.3) is 0 Å².